The Morgan fingerprint density at radius 3 is 2.05 bits per heavy atom. The molecule has 0 spiro atoms. The largest absolute Gasteiger partial charge is 0.352 e. The van der Waals surface area contributed by atoms with Gasteiger partial charge in [0.15, 0.2) is 0 Å². The summed E-state index contributed by atoms with van der Waals surface area (Å²) in [5.74, 6) is -0.0411. The van der Waals surface area contributed by atoms with Crippen LogP contribution in [0.1, 0.15) is 28.3 Å². The van der Waals surface area contributed by atoms with E-state index in [4.69, 9.17) is 0 Å². The van der Waals surface area contributed by atoms with Gasteiger partial charge in [0.2, 0.25) is 11.5 Å². The first kappa shape index (κ1) is 24.4. The molecular formula is C31H33N5O. The van der Waals surface area contributed by atoms with Crippen molar-refractivity contribution >= 4 is 16.9 Å². The SMILES string of the molecule is Cc1ccc(CC(CNC(=O)Cn2cccc2)n2c(=N)n(Cc3ccc(C)cc3)c3ccccc32)cc1. The Balaban J connectivity index is 1.50. The number of rotatable bonds is 9. The van der Waals surface area contributed by atoms with E-state index in [-0.39, 0.29) is 18.5 Å². The van der Waals surface area contributed by atoms with E-state index in [0.717, 1.165) is 16.6 Å². The topological polar surface area (TPSA) is 67.7 Å². The monoisotopic (exact) mass is 491 g/mol. The van der Waals surface area contributed by atoms with Gasteiger partial charge in [-0.2, -0.15) is 0 Å². The van der Waals surface area contributed by atoms with Crippen LogP contribution in [0.2, 0.25) is 0 Å². The number of hydrogen-bond acceptors (Lipinski definition) is 2. The number of carbonyl (C=O) groups excluding carboxylic acids is 1. The van der Waals surface area contributed by atoms with Crippen molar-refractivity contribution in [3.8, 4) is 0 Å². The second-order valence-electron chi connectivity index (χ2n) is 9.76. The quantitative estimate of drug-likeness (QED) is 0.300. The number of nitrogens with one attached hydrogen (secondary N) is 2. The lowest BCUT2D eigenvalue weighted by atomic mass is 10.0. The van der Waals surface area contributed by atoms with Crippen LogP contribution in [0.5, 0.6) is 0 Å². The summed E-state index contributed by atoms with van der Waals surface area (Å²) in [5.41, 5.74) is 7.20. The predicted octanol–water partition coefficient (Wildman–Crippen LogP) is 4.99. The molecule has 0 radical (unpaired) electrons. The van der Waals surface area contributed by atoms with E-state index in [1.807, 2.05) is 41.2 Å². The number of amides is 1. The Labute approximate surface area is 217 Å². The second-order valence-corrected chi connectivity index (χ2v) is 9.76. The van der Waals surface area contributed by atoms with Crippen molar-refractivity contribution in [1.82, 2.24) is 19.0 Å². The molecule has 3 aromatic carbocycles. The third kappa shape index (κ3) is 5.59. The van der Waals surface area contributed by atoms with Crippen molar-refractivity contribution in [2.75, 3.05) is 6.54 Å². The highest BCUT2D eigenvalue weighted by Gasteiger charge is 2.20. The standard InChI is InChI=1S/C31H33N5O/c1-23-9-13-25(14-10-23)19-27(20-33-30(37)22-34-17-5-6-18-34)36-29-8-4-3-7-28(29)35(31(36)32)21-26-15-11-24(2)12-16-26/h3-18,27,32H,19-22H2,1-2H3,(H,33,37). The smallest absolute Gasteiger partial charge is 0.239 e. The molecule has 6 heteroatoms. The Bertz CT molecular complexity index is 1540. The van der Waals surface area contributed by atoms with Gasteiger partial charge in [-0.3, -0.25) is 10.2 Å². The average molecular weight is 492 g/mol. The summed E-state index contributed by atoms with van der Waals surface area (Å²) in [6.07, 6.45) is 4.48. The molecule has 1 amide bonds. The molecule has 0 aliphatic rings. The summed E-state index contributed by atoms with van der Waals surface area (Å²) >= 11 is 0. The Hall–Kier alpha value is -4.32. The predicted molar refractivity (Wildman–Crippen MR) is 147 cm³/mol. The van der Waals surface area contributed by atoms with Gasteiger partial charge in [0.1, 0.15) is 6.54 Å². The van der Waals surface area contributed by atoms with Crippen LogP contribution in [-0.2, 0) is 24.3 Å². The summed E-state index contributed by atoms with van der Waals surface area (Å²) in [6, 6.07) is 28.9. The van der Waals surface area contributed by atoms with Gasteiger partial charge in [0.05, 0.1) is 23.6 Å². The summed E-state index contributed by atoms with van der Waals surface area (Å²) in [7, 11) is 0. The van der Waals surface area contributed by atoms with Crippen LogP contribution in [0.3, 0.4) is 0 Å². The summed E-state index contributed by atoms with van der Waals surface area (Å²) in [4.78, 5) is 12.8. The molecule has 1 unspecified atom stereocenters. The lowest BCUT2D eigenvalue weighted by Crippen LogP contribution is -2.38. The van der Waals surface area contributed by atoms with Crippen molar-refractivity contribution < 1.29 is 4.79 Å². The number of hydrogen-bond donors (Lipinski definition) is 2. The number of carbonyl (C=O) groups is 1. The maximum absolute atomic E-state index is 12.8. The fourth-order valence-electron chi connectivity index (χ4n) is 4.84. The van der Waals surface area contributed by atoms with Gasteiger partial charge in [-0.1, -0.05) is 71.8 Å². The van der Waals surface area contributed by atoms with E-state index in [1.54, 1.807) is 0 Å². The molecule has 2 N–H and O–H groups in total. The van der Waals surface area contributed by atoms with Crippen LogP contribution in [0.15, 0.2) is 97.3 Å². The van der Waals surface area contributed by atoms with Gasteiger partial charge in [0.25, 0.3) is 0 Å². The zero-order valence-corrected chi connectivity index (χ0v) is 21.4. The summed E-state index contributed by atoms with van der Waals surface area (Å²) in [5, 5.41) is 12.4. The minimum atomic E-state index is -0.118. The average Bonchev–Trinajstić information content (AvgIpc) is 3.50. The Morgan fingerprint density at radius 2 is 1.41 bits per heavy atom. The van der Waals surface area contributed by atoms with E-state index >= 15 is 0 Å². The van der Waals surface area contributed by atoms with E-state index in [1.165, 1.54) is 16.7 Å². The highest BCUT2D eigenvalue weighted by atomic mass is 16.1. The molecule has 0 fully saturated rings. The van der Waals surface area contributed by atoms with Crippen molar-refractivity contribution in [1.29, 1.82) is 5.41 Å². The van der Waals surface area contributed by atoms with Crippen molar-refractivity contribution in [2.45, 2.75) is 39.4 Å². The van der Waals surface area contributed by atoms with Crippen molar-refractivity contribution in [3.63, 3.8) is 0 Å². The van der Waals surface area contributed by atoms with E-state index in [9.17, 15) is 10.2 Å². The van der Waals surface area contributed by atoms with Gasteiger partial charge in [-0.25, -0.2) is 0 Å². The fourth-order valence-corrected chi connectivity index (χ4v) is 4.84. The molecule has 5 rings (SSSR count). The first-order valence-corrected chi connectivity index (χ1v) is 12.7. The molecule has 0 aliphatic carbocycles. The number of imidazole rings is 1. The maximum Gasteiger partial charge on any atom is 0.239 e. The molecule has 1 atom stereocenters. The molecule has 0 saturated heterocycles. The lowest BCUT2D eigenvalue weighted by Gasteiger charge is -2.21. The fraction of sp³-hybridized carbons (Fsp3) is 0.226. The molecule has 0 saturated carbocycles. The minimum Gasteiger partial charge on any atom is -0.352 e. The number of aryl methyl sites for hydroxylation is 2. The molecular weight excluding hydrogens is 458 g/mol. The summed E-state index contributed by atoms with van der Waals surface area (Å²) < 4.78 is 6.00. The van der Waals surface area contributed by atoms with Gasteiger partial charge in [0, 0.05) is 18.9 Å². The molecule has 5 aromatic rings. The summed E-state index contributed by atoms with van der Waals surface area (Å²) in [6.45, 7) is 5.49. The normalized spacial score (nSPS) is 12.1. The molecule has 2 aromatic heterocycles. The third-order valence-corrected chi connectivity index (χ3v) is 6.86. The van der Waals surface area contributed by atoms with E-state index < -0.39 is 0 Å². The minimum absolute atomic E-state index is 0.0411. The molecule has 6 nitrogen and oxygen atoms in total. The van der Waals surface area contributed by atoms with Crippen LogP contribution >= 0.6 is 0 Å². The molecule has 37 heavy (non-hydrogen) atoms. The Kier molecular flexibility index (Phi) is 7.08. The van der Waals surface area contributed by atoms with Gasteiger partial charge < -0.3 is 19.0 Å². The van der Waals surface area contributed by atoms with Gasteiger partial charge >= 0.3 is 0 Å². The zero-order valence-electron chi connectivity index (χ0n) is 21.4. The van der Waals surface area contributed by atoms with Crippen LogP contribution in [0, 0.1) is 19.3 Å². The van der Waals surface area contributed by atoms with Gasteiger partial charge in [-0.15, -0.1) is 0 Å². The number of benzene rings is 3. The highest BCUT2D eigenvalue weighted by Crippen LogP contribution is 2.22. The molecule has 2 heterocycles. The van der Waals surface area contributed by atoms with E-state index in [2.05, 4.69) is 89.0 Å². The van der Waals surface area contributed by atoms with E-state index in [0.29, 0.717) is 25.1 Å². The molecule has 0 bridgehead atoms. The lowest BCUT2D eigenvalue weighted by molar-refractivity contribution is -0.121. The van der Waals surface area contributed by atoms with Crippen LogP contribution in [-0.4, -0.2) is 26.2 Å². The third-order valence-electron chi connectivity index (χ3n) is 6.86. The first-order valence-electron chi connectivity index (χ1n) is 12.7. The molecule has 0 aliphatic heterocycles. The second kappa shape index (κ2) is 10.7. The van der Waals surface area contributed by atoms with Crippen LogP contribution < -0.4 is 10.9 Å². The van der Waals surface area contributed by atoms with Crippen LogP contribution in [0.25, 0.3) is 11.0 Å². The number of para-hydroxylation sites is 2. The number of fused-ring (bicyclic) bond motifs is 1. The molecule has 188 valence electrons. The first-order chi connectivity index (χ1) is 18.0. The Morgan fingerprint density at radius 1 is 0.811 bits per heavy atom. The van der Waals surface area contributed by atoms with Crippen molar-refractivity contribution in [3.05, 3.63) is 125 Å². The van der Waals surface area contributed by atoms with Crippen LogP contribution in [0.4, 0.5) is 0 Å². The van der Waals surface area contributed by atoms with Gasteiger partial charge in [-0.05, 0) is 55.7 Å². The van der Waals surface area contributed by atoms with Crippen molar-refractivity contribution in [2.24, 2.45) is 0 Å². The highest BCUT2D eigenvalue weighted by molar-refractivity contribution is 5.77. The number of nitrogens with zero attached hydrogens (tertiary/aromatic N) is 3. The number of aromatic nitrogens is 3. The zero-order chi connectivity index (χ0) is 25.8. The maximum atomic E-state index is 12.8.